The van der Waals surface area contributed by atoms with E-state index in [1.807, 2.05) is 7.05 Å². The lowest BCUT2D eigenvalue weighted by Crippen LogP contribution is -2.54. The summed E-state index contributed by atoms with van der Waals surface area (Å²) in [6, 6.07) is 0.679. The summed E-state index contributed by atoms with van der Waals surface area (Å²) in [5.41, 5.74) is 0. The van der Waals surface area contributed by atoms with Gasteiger partial charge in [0, 0.05) is 32.2 Å². The summed E-state index contributed by atoms with van der Waals surface area (Å²) < 4.78 is 0. The van der Waals surface area contributed by atoms with Gasteiger partial charge >= 0.3 is 0 Å². The second-order valence-electron chi connectivity index (χ2n) is 5.15. The van der Waals surface area contributed by atoms with E-state index >= 15 is 0 Å². The highest BCUT2D eigenvalue weighted by atomic mass is 15.3. The zero-order chi connectivity index (χ0) is 12.0. The Morgan fingerprint density at radius 2 is 2.06 bits per heavy atom. The Labute approximate surface area is 101 Å². The molecular formula is C12H28N4. The molecule has 4 nitrogen and oxygen atoms in total. The molecule has 96 valence electrons. The topological polar surface area (TPSA) is 21.8 Å². The molecule has 1 aliphatic heterocycles. The van der Waals surface area contributed by atoms with Gasteiger partial charge in [-0.15, -0.1) is 0 Å². The third-order valence-electron chi connectivity index (χ3n) is 3.38. The summed E-state index contributed by atoms with van der Waals surface area (Å²) in [6.45, 7) is 7.18. The first-order chi connectivity index (χ1) is 7.63. The second-order valence-corrected chi connectivity index (χ2v) is 5.15. The number of rotatable bonds is 6. The van der Waals surface area contributed by atoms with Gasteiger partial charge in [-0.1, -0.05) is 0 Å². The molecule has 0 bridgehead atoms. The molecule has 1 aliphatic rings. The van der Waals surface area contributed by atoms with E-state index in [-0.39, 0.29) is 0 Å². The van der Waals surface area contributed by atoms with Crippen LogP contribution in [0.15, 0.2) is 0 Å². The van der Waals surface area contributed by atoms with E-state index < -0.39 is 0 Å². The van der Waals surface area contributed by atoms with Gasteiger partial charge in [0.1, 0.15) is 0 Å². The van der Waals surface area contributed by atoms with Gasteiger partial charge in [0.05, 0.1) is 0 Å². The van der Waals surface area contributed by atoms with E-state index in [9.17, 15) is 0 Å². The summed E-state index contributed by atoms with van der Waals surface area (Å²) >= 11 is 0. The third kappa shape index (κ3) is 4.78. The van der Waals surface area contributed by atoms with Crippen LogP contribution in [0.1, 0.15) is 6.42 Å². The van der Waals surface area contributed by atoms with E-state index in [0.29, 0.717) is 6.04 Å². The molecule has 0 amide bonds. The summed E-state index contributed by atoms with van der Waals surface area (Å²) in [7, 11) is 8.57. The Kier molecular flexibility index (Phi) is 6.28. The summed E-state index contributed by atoms with van der Waals surface area (Å²) in [6.07, 6.45) is 1.28. The first-order valence-corrected chi connectivity index (χ1v) is 6.35. The van der Waals surface area contributed by atoms with Crippen molar-refractivity contribution in [1.82, 2.24) is 20.0 Å². The van der Waals surface area contributed by atoms with Crippen LogP contribution in [0.2, 0.25) is 0 Å². The quantitative estimate of drug-likeness (QED) is 0.678. The number of nitrogens with one attached hydrogen (secondary N) is 1. The SMILES string of the molecule is CNCC1CN(CCCN(C)C)CCN1C. The molecule has 1 heterocycles. The van der Waals surface area contributed by atoms with Crippen LogP contribution < -0.4 is 5.32 Å². The zero-order valence-corrected chi connectivity index (χ0v) is 11.4. The third-order valence-corrected chi connectivity index (χ3v) is 3.38. The number of piperazine rings is 1. The van der Waals surface area contributed by atoms with Crippen LogP contribution in [0.4, 0.5) is 0 Å². The van der Waals surface area contributed by atoms with E-state index in [2.05, 4.69) is 41.2 Å². The van der Waals surface area contributed by atoms with Crippen LogP contribution in [0.3, 0.4) is 0 Å². The highest BCUT2D eigenvalue weighted by Gasteiger charge is 2.22. The number of nitrogens with zero attached hydrogens (tertiary/aromatic N) is 3. The van der Waals surface area contributed by atoms with Crippen LogP contribution in [-0.2, 0) is 0 Å². The second kappa shape index (κ2) is 7.22. The Morgan fingerprint density at radius 3 is 2.69 bits per heavy atom. The lowest BCUT2D eigenvalue weighted by Gasteiger charge is -2.39. The van der Waals surface area contributed by atoms with Gasteiger partial charge in [-0.3, -0.25) is 4.90 Å². The van der Waals surface area contributed by atoms with Gasteiger partial charge in [-0.25, -0.2) is 0 Å². The fourth-order valence-corrected chi connectivity index (χ4v) is 2.28. The fraction of sp³-hybridized carbons (Fsp3) is 1.00. The minimum Gasteiger partial charge on any atom is -0.318 e. The minimum atomic E-state index is 0.679. The van der Waals surface area contributed by atoms with Gasteiger partial charge in [0.25, 0.3) is 0 Å². The number of hydrogen-bond acceptors (Lipinski definition) is 4. The van der Waals surface area contributed by atoms with Gasteiger partial charge in [0.2, 0.25) is 0 Å². The van der Waals surface area contributed by atoms with Crippen molar-refractivity contribution in [3.63, 3.8) is 0 Å². The minimum absolute atomic E-state index is 0.679. The molecule has 1 rings (SSSR count). The average molecular weight is 228 g/mol. The molecule has 0 aromatic heterocycles. The first-order valence-electron chi connectivity index (χ1n) is 6.35. The van der Waals surface area contributed by atoms with Gasteiger partial charge < -0.3 is 15.1 Å². The van der Waals surface area contributed by atoms with Crippen molar-refractivity contribution in [3.8, 4) is 0 Å². The molecule has 0 spiro atoms. The molecular weight excluding hydrogens is 200 g/mol. The molecule has 1 unspecified atom stereocenters. The van der Waals surface area contributed by atoms with E-state index in [1.54, 1.807) is 0 Å². The lowest BCUT2D eigenvalue weighted by molar-refractivity contribution is 0.0935. The van der Waals surface area contributed by atoms with Crippen molar-refractivity contribution in [2.45, 2.75) is 12.5 Å². The van der Waals surface area contributed by atoms with Crippen LogP contribution in [-0.4, -0.2) is 88.2 Å². The predicted molar refractivity (Wildman–Crippen MR) is 70.0 cm³/mol. The molecule has 1 atom stereocenters. The summed E-state index contributed by atoms with van der Waals surface area (Å²) in [5, 5.41) is 3.29. The molecule has 0 saturated carbocycles. The van der Waals surface area contributed by atoms with E-state index in [1.165, 1.54) is 39.1 Å². The van der Waals surface area contributed by atoms with Crippen molar-refractivity contribution in [3.05, 3.63) is 0 Å². The summed E-state index contributed by atoms with van der Waals surface area (Å²) in [4.78, 5) is 7.34. The van der Waals surface area contributed by atoms with Crippen molar-refractivity contribution >= 4 is 0 Å². The Hall–Kier alpha value is -0.160. The predicted octanol–water partition coefficient (Wildman–Crippen LogP) is -0.226. The molecule has 4 heteroatoms. The normalized spacial score (nSPS) is 24.2. The Balaban J connectivity index is 2.23. The Bertz CT molecular complexity index is 184. The van der Waals surface area contributed by atoms with Crippen LogP contribution >= 0.6 is 0 Å². The maximum absolute atomic E-state index is 3.29. The fourth-order valence-electron chi connectivity index (χ4n) is 2.28. The summed E-state index contributed by atoms with van der Waals surface area (Å²) in [5.74, 6) is 0. The standard InChI is InChI=1S/C12H28N4/c1-13-10-12-11-16(9-8-15(12)4)7-5-6-14(2)3/h12-13H,5-11H2,1-4H3. The largest absolute Gasteiger partial charge is 0.318 e. The number of hydrogen-bond donors (Lipinski definition) is 1. The van der Waals surface area contributed by atoms with Gasteiger partial charge in [-0.2, -0.15) is 0 Å². The van der Waals surface area contributed by atoms with E-state index in [4.69, 9.17) is 0 Å². The van der Waals surface area contributed by atoms with Crippen molar-refractivity contribution in [2.75, 3.05) is 67.5 Å². The highest BCUT2D eigenvalue weighted by molar-refractivity contribution is 4.81. The molecule has 16 heavy (non-hydrogen) atoms. The molecule has 0 aliphatic carbocycles. The monoisotopic (exact) mass is 228 g/mol. The zero-order valence-electron chi connectivity index (χ0n) is 11.4. The first kappa shape index (κ1) is 13.9. The number of likely N-dealkylation sites (N-methyl/N-ethyl adjacent to an activating group) is 2. The van der Waals surface area contributed by atoms with Crippen molar-refractivity contribution in [2.24, 2.45) is 0 Å². The van der Waals surface area contributed by atoms with Crippen molar-refractivity contribution in [1.29, 1.82) is 0 Å². The van der Waals surface area contributed by atoms with Gasteiger partial charge in [0.15, 0.2) is 0 Å². The molecule has 1 saturated heterocycles. The molecule has 1 fully saturated rings. The Morgan fingerprint density at radius 1 is 1.31 bits per heavy atom. The maximum Gasteiger partial charge on any atom is 0.0345 e. The average Bonchev–Trinajstić information content (AvgIpc) is 2.22. The lowest BCUT2D eigenvalue weighted by atomic mass is 10.1. The smallest absolute Gasteiger partial charge is 0.0345 e. The highest BCUT2D eigenvalue weighted by Crippen LogP contribution is 2.07. The van der Waals surface area contributed by atoms with Gasteiger partial charge in [-0.05, 0) is 47.7 Å². The van der Waals surface area contributed by atoms with Crippen LogP contribution in [0.25, 0.3) is 0 Å². The molecule has 0 radical (unpaired) electrons. The van der Waals surface area contributed by atoms with Crippen molar-refractivity contribution < 1.29 is 0 Å². The van der Waals surface area contributed by atoms with Crippen LogP contribution in [0.5, 0.6) is 0 Å². The molecule has 0 aromatic rings. The molecule has 0 aromatic carbocycles. The maximum atomic E-state index is 3.29. The van der Waals surface area contributed by atoms with E-state index in [0.717, 1.165) is 6.54 Å². The van der Waals surface area contributed by atoms with Crippen LogP contribution in [0, 0.1) is 0 Å². The molecule has 1 N–H and O–H groups in total.